The molecule has 3 aromatic rings. The Balaban J connectivity index is 0.00000384. The Morgan fingerprint density at radius 3 is 2.32 bits per heavy atom. The number of halogens is 1. The SMILES string of the molecule is O=C(CN1CCN(CC2=CCNCC2)CC1)N1CCN(C(=O)c2cc(Cc3n[nH]c(=O)c4ccccc34)ccc2F)CC1.S. The summed E-state index contributed by atoms with van der Waals surface area (Å²) in [6.07, 6.45) is 3.74. The van der Waals surface area contributed by atoms with Crippen LogP contribution < -0.4 is 10.9 Å². The zero-order valence-electron chi connectivity index (χ0n) is 24.9. The van der Waals surface area contributed by atoms with Gasteiger partial charge in [0.2, 0.25) is 5.91 Å². The molecule has 3 aliphatic heterocycles. The van der Waals surface area contributed by atoms with Crippen LogP contribution in [0.1, 0.15) is 28.0 Å². The molecule has 2 N–H and O–H groups in total. The lowest BCUT2D eigenvalue weighted by Crippen LogP contribution is -2.54. The van der Waals surface area contributed by atoms with Crippen molar-refractivity contribution in [3.63, 3.8) is 0 Å². The van der Waals surface area contributed by atoms with Crippen molar-refractivity contribution in [2.24, 2.45) is 0 Å². The lowest BCUT2D eigenvalue weighted by molar-refractivity contribution is -0.134. The van der Waals surface area contributed by atoms with Crippen molar-refractivity contribution in [3.05, 3.63) is 87.1 Å². The molecule has 0 saturated carbocycles. The van der Waals surface area contributed by atoms with Crippen molar-refractivity contribution in [1.29, 1.82) is 0 Å². The molecule has 2 aromatic carbocycles. The van der Waals surface area contributed by atoms with Gasteiger partial charge in [0.05, 0.1) is 23.2 Å². The second-order valence-corrected chi connectivity index (χ2v) is 11.6. The number of nitrogens with zero attached hydrogens (tertiary/aromatic N) is 5. The fourth-order valence-corrected chi connectivity index (χ4v) is 6.17. The van der Waals surface area contributed by atoms with Crippen LogP contribution in [0, 0.1) is 5.82 Å². The summed E-state index contributed by atoms with van der Waals surface area (Å²) in [5.41, 5.74) is 2.60. The fraction of sp³-hybridized carbons (Fsp3) is 0.438. The Morgan fingerprint density at radius 1 is 0.886 bits per heavy atom. The standard InChI is InChI=1S/C32H38FN7O3.H2S/c33-28-6-5-24(20-29-25-3-1-2-4-26(25)31(42)36-35-29)19-27(28)32(43)40-17-15-39(16-18-40)30(41)22-38-13-11-37(12-14-38)21-23-7-9-34-10-8-23;/h1-7,19,34H,8-18,20-22H2,(H,36,42);1H2. The van der Waals surface area contributed by atoms with Crippen LogP contribution in [-0.2, 0) is 11.2 Å². The predicted octanol–water partition coefficient (Wildman–Crippen LogP) is 1.59. The summed E-state index contributed by atoms with van der Waals surface area (Å²) in [5, 5.41) is 11.3. The first-order valence-corrected chi connectivity index (χ1v) is 15.1. The van der Waals surface area contributed by atoms with Crippen molar-refractivity contribution in [3.8, 4) is 0 Å². The molecule has 234 valence electrons. The van der Waals surface area contributed by atoms with Gasteiger partial charge in [-0.3, -0.25) is 24.2 Å². The normalized spacial score (nSPS) is 18.2. The van der Waals surface area contributed by atoms with Crippen LogP contribution in [0.5, 0.6) is 0 Å². The minimum Gasteiger partial charge on any atom is -0.338 e. The van der Waals surface area contributed by atoms with E-state index in [9.17, 15) is 18.8 Å². The van der Waals surface area contributed by atoms with Crippen LogP contribution in [-0.4, -0.2) is 120 Å². The van der Waals surface area contributed by atoms with E-state index in [4.69, 9.17) is 0 Å². The molecule has 1 aromatic heterocycles. The summed E-state index contributed by atoms with van der Waals surface area (Å²) >= 11 is 0. The molecule has 3 aliphatic rings. The predicted molar refractivity (Wildman–Crippen MR) is 173 cm³/mol. The van der Waals surface area contributed by atoms with Crippen molar-refractivity contribution in [1.82, 2.24) is 35.1 Å². The molecule has 0 spiro atoms. The number of carbonyl (C=O) groups is 2. The van der Waals surface area contributed by atoms with Gasteiger partial charge in [0, 0.05) is 77.3 Å². The Bertz CT molecular complexity index is 1580. The maximum Gasteiger partial charge on any atom is 0.272 e. The van der Waals surface area contributed by atoms with Crippen LogP contribution in [0.3, 0.4) is 0 Å². The van der Waals surface area contributed by atoms with E-state index in [1.807, 2.05) is 17.0 Å². The van der Waals surface area contributed by atoms with E-state index >= 15 is 0 Å². The summed E-state index contributed by atoms with van der Waals surface area (Å²) < 4.78 is 14.9. The molecule has 4 heterocycles. The van der Waals surface area contributed by atoms with Crippen LogP contribution in [0.25, 0.3) is 10.8 Å². The van der Waals surface area contributed by atoms with E-state index in [1.54, 1.807) is 29.2 Å². The molecule has 6 rings (SSSR count). The van der Waals surface area contributed by atoms with Crippen LogP contribution >= 0.6 is 13.5 Å². The number of nitrogens with one attached hydrogen (secondary N) is 2. The van der Waals surface area contributed by atoms with E-state index in [2.05, 4.69) is 31.4 Å². The Kier molecular flexibility index (Phi) is 10.5. The number of aromatic amines is 1. The second-order valence-electron chi connectivity index (χ2n) is 11.6. The largest absolute Gasteiger partial charge is 0.338 e. The van der Waals surface area contributed by atoms with Crippen LogP contribution in [0.15, 0.2) is 58.9 Å². The number of aromatic nitrogens is 2. The van der Waals surface area contributed by atoms with Gasteiger partial charge >= 0.3 is 0 Å². The first-order valence-electron chi connectivity index (χ1n) is 15.1. The Labute approximate surface area is 263 Å². The van der Waals surface area contributed by atoms with Gasteiger partial charge < -0.3 is 15.1 Å². The van der Waals surface area contributed by atoms with Gasteiger partial charge in [-0.25, -0.2) is 9.49 Å². The molecule has 44 heavy (non-hydrogen) atoms. The molecule has 0 aliphatic carbocycles. The first-order chi connectivity index (χ1) is 20.9. The van der Waals surface area contributed by atoms with Crippen LogP contribution in [0.4, 0.5) is 4.39 Å². The van der Waals surface area contributed by atoms with Gasteiger partial charge in [-0.05, 0) is 36.7 Å². The number of hydrogen-bond acceptors (Lipinski definition) is 7. The number of hydrogen-bond donors (Lipinski definition) is 2. The number of amides is 2. The zero-order valence-corrected chi connectivity index (χ0v) is 25.9. The van der Waals surface area contributed by atoms with Gasteiger partial charge in [0.15, 0.2) is 0 Å². The molecule has 0 unspecified atom stereocenters. The monoisotopic (exact) mass is 621 g/mol. The van der Waals surface area contributed by atoms with E-state index in [-0.39, 0.29) is 36.4 Å². The third-order valence-corrected chi connectivity index (χ3v) is 8.74. The number of rotatable bonds is 7. The quantitative estimate of drug-likeness (QED) is 0.386. The summed E-state index contributed by atoms with van der Waals surface area (Å²) in [6.45, 7) is 8.65. The molecular weight excluding hydrogens is 581 g/mol. The number of benzene rings is 2. The van der Waals surface area contributed by atoms with Crippen molar-refractivity contribution < 1.29 is 14.0 Å². The highest BCUT2D eigenvalue weighted by atomic mass is 32.1. The number of fused-ring (bicyclic) bond motifs is 1. The lowest BCUT2D eigenvalue weighted by Gasteiger charge is -2.38. The Hall–Kier alpha value is -3.58. The van der Waals surface area contributed by atoms with E-state index < -0.39 is 5.82 Å². The van der Waals surface area contributed by atoms with Crippen molar-refractivity contribution in [2.45, 2.75) is 12.8 Å². The summed E-state index contributed by atoms with van der Waals surface area (Å²) in [4.78, 5) is 46.7. The fourth-order valence-electron chi connectivity index (χ4n) is 6.17. The lowest BCUT2D eigenvalue weighted by atomic mass is 10.0. The highest BCUT2D eigenvalue weighted by Gasteiger charge is 2.28. The number of piperazine rings is 2. The highest BCUT2D eigenvalue weighted by molar-refractivity contribution is 7.59. The molecule has 12 heteroatoms. The average molecular weight is 622 g/mol. The Morgan fingerprint density at radius 2 is 1.59 bits per heavy atom. The van der Waals surface area contributed by atoms with Gasteiger partial charge in [-0.1, -0.05) is 35.9 Å². The van der Waals surface area contributed by atoms with E-state index in [1.165, 1.54) is 11.6 Å². The highest BCUT2D eigenvalue weighted by Crippen LogP contribution is 2.20. The second kappa shape index (κ2) is 14.5. The maximum atomic E-state index is 14.9. The smallest absolute Gasteiger partial charge is 0.272 e. The molecule has 2 amide bonds. The van der Waals surface area contributed by atoms with E-state index in [0.717, 1.165) is 63.2 Å². The molecule has 2 fully saturated rings. The summed E-state index contributed by atoms with van der Waals surface area (Å²) in [7, 11) is 0. The molecule has 0 bridgehead atoms. The minimum atomic E-state index is -0.581. The molecular formula is C32H40FN7O3S. The van der Waals surface area contributed by atoms with Gasteiger partial charge in [-0.2, -0.15) is 18.6 Å². The first kappa shape index (κ1) is 31.8. The molecule has 10 nitrogen and oxygen atoms in total. The summed E-state index contributed by atoms with van der Waals surface area (Å²) in [5.74, 6) is -0.886. The number of H-pyrrole nitrogens is 1. The van der Waals surface area contributed by atoms with Crippen molar-refractivity contribution >= 4 is 36.1 Å². The molecule has 2 saturated heterocycles. The maximum absolute atomic E-state index is 14.9. The van der Waals surface area contributed by atoms with Crippen molar-refractivity contribution in [2.75, 3.05) is 78.5 Å². The molecule has 0 atom stereocenters. The third-order valence-electron chi connectivity index (χ3n) is 8.74. The average Bonchev–Trinajstić information content (AvgIpc) is 3.04. The zero-order chi connectivity index (χ0) is 29.8. The third kappa shape index (κ3) is 7.37. The minimum absolute atomic E-state index is 0. The topological polar surface area (TPSA) is 105 Å². The van der Waals surface area contributed by atoms with Crippen LogP contribution in [0.2, 0.25) is 0 Å². The molecule has 0 radical (unpaired) electrons. The summed E-state index contributed by atoms with van der Waals surface area (Å²) in [6, 6.07) is 11.7. The van der Waals surface area contributed by atoms with Gasteiger partial charge in [-0.15, -0.1) is 0 Å². The van der Waals surface area contributed by atoms with Gasteiger partial charge in [0.1, 0.15) is 5.82 Å². The van der Waals surface area contributed by atoms with E-state index in [0.29, 0.717) is 50.2 Å². The van der Waals surface area contributed by atoms with Gasteiger partial charge in [0.25, 0.3) is 11.5 Å². The number of carbonyl (C=O) groups excluding carboxylic acids is 2.